The number of carbonyl (C=O) groups excluding carboxylic acids is 1. The van der Waals surface area contributed by atoms with Crippen molar-refractivity contribution in [2.75, 3.05) is 13.2 Å². The van der Waals surface area contributed by atoms with E-state index in [9.17, 15) is 9.18 Å². The number of benzene rings is 1. The van der Waals surface area contributed by atoms with E-state index in [-0.39, 0.29) is 23.4 Å². The molecular weight excluding hydrogens is 269 g/mol. The van der Waals surface area contributed by atoms with E-state index in [4.69, 9.17) is 4.74 Å². The van der Waals surface area contributed by atoms with Gasteiger partial charge in [0.25, 0.3) is 0 Å². The minimum Gasteiger partial charge on any atom is -0.369 e. The lowest BCUT2D eigenvalue weighted by Gasteiger charge is -2.45. The first-order valence-electron chi connectivity index (χ1n) is 7.61. The van der Waals surface area contributed by atoms with Crippen LogP contribution < -0.4 is 0 Å². The molecule has 0 N–H and O–H groups in total. The number of hydrogen-bond acceptors (Lipinski definition) is 2. The summed E-state index contributed by atoms with van der Waals surface area (Å²) in [4.78, 5) is 14.3. The first kappa shape index (κ1) is 16.0. The van der Waals surface area contributed by atoms with Crippen molar-refractivity contribution in [3.05, 3.63) is 35.6 Å². The molecule has 1 fully saturated rings. The Morgan fingerprint density at radius 3 is 2.67 bits per heavy atom. The van der Waals surface area contributed by atoms with Crippen LogP contribution in [0.1, 0.15) is 51.7 Å². The summed E-state index contributed by atoms with van der Waals surface area (Å²) < 4.78 is 18.9. The predicted molar refractivity (Wildman–Crippen MR) is 80.4 cm³/mol. The highest BCUT2D eigenvalue weighted by atomic mass is 19.1. The van der Waals surface area contributed by atoms with Gasteiger partial charge in [0.05, 0.1) is 18.7 Å². The van der Waals surface area contributed by atoms with Crippen LogP contribution in [-0.2, 0) is 9.53 Å². The molecule has 0 saturated carbocycles. The lowest BCUT2D eigenvalue weighted by atomic mass is 9.97. The molecule has 0 radical (unpaired) electrons. The molecule has 1 amide bonds. The summed E-state index contributed by atoms with van der Waals surface area (Å²) in [6.45, 7) is 7.16. The second kappa shape index (κ2) is 6.56. The van der Waals surface area contributed by atoms with Crippen LogP contribution in [0.15, 0.2) is 24.3 Å². The van der Waals surface area contributed by atoms with Crippen molar-refractivity contribution < 1.29 is 13.9 Å². The standard InChI is InChI=1S/C17H24FNO2/c1-4-5-6-16(20)19-11-15(21-12-17(19,2)3)13-7-9-14(18)10-8-13/h7-10,15H,4-6,11-12H2,1-3H3. The monoisotopic (exact) mass is 293 g/mol. The number of morpholine rings is 1. The van der Waals surface area contributed by atoms with Gasteiger partial charge >= 0.3 is 0 Å². The van der Waals surface area contributed by atoms with Gasteiger partial charge in [0.1, 0.15) is 11.9 Å². The second-order valence-electron chi connectivity index (χ2n) is 6.27. The number of unbranched alkanes of at least 4 members (excludes halogenated alkanes) is 1. The van der Waals surface area contributed by atoms with Crippen molar-refractivity contribution in [3.63, 3.8) is 0 Å². The number of hydrogen-bond donors (Lipinski definition) is 0. The number of ether oxygens (including phenoxy) is 1. The van der Waals surface area contributed by atoms with Crippen LogP contribution in [-0.4, -0.2) is 29.5 Å². The fourth-order valence-corrected chi connectivity index (χ4v) is 2.63. The van der Waals surface area contributed by atoms with Crippen molar-refractivity contribution in [1.82, 2.24) is 4.90 Å². The van der Waals surface area contributed by atoms with E-state index in [1.54, 1.807) is 12.1 Å². The number of halogens is 1. The minimum absolute atomic E-state index is 0.177. The fourth-order valence-electron chi connectivity index (χ4n) is 2.63. The summed E-state index contributed by atoms with van der Waals surface area (Å²) in [6.07, 6.45) is 2.32. The molecule has 4 heteroatoms. The smallest absolute Gasteiger partial charge is 0.223 e. The van der Waals surface area contributed by atoms with Crippen molar-refractivity contribution in [3.8, 4) is 0 Å². The number of amides is 1. The zero-order valence-corrected chi connectivity index (χ0v) is 13.1. The van der Waals surface area contributed by atoms with E-state index in [1.807, 2.05) is 18.7 Å². The molecule has 116 valence electrons. The predicted octanol–water partition coefficient (Wildman–Crippen LogP) is 3.69. The molecule has 1 saturated heterocycles. The fraction of sp³-hybridized carbons (Fsp3) is 0.588. The van der Waals surface area contributed by atoms with Crippen LogP contribution in [0.4, 0.5) is 4.39 Å². The minimum atomic E-state index is -0.290. The molecule has 0 aliphatic carbocycles. The van der Waals surface area contributed by atoms with Crippen LogP contribution in [0.5, 0.6) is 0 Å². The van der Waals surface area contributed by atoms with Gasteiger partial charge < -0.3 is 9.64 Å². The summed E-state index contributed by atoms with van der Waals surface area (Å²) in [7, 11) is 0. The van der Waals surface area contributed by atoms with E-state index >= 15 is 0 Å². The highest BCUT2D eigenvalue weighted by Crippen LogP contribution is 2.31. The van der Waals surface area contributed by atoms with Gasteiger partial charge in [0.2, 0.25) is 5.91 Å². The molecule has 21 heavy (non-hydrogen) atoms. The molecule has 1 unspecified atom stereocenters. The molecule has 0 spiro atoms. The third-order valence-electron chi connectivity index (χ3n) is 4.00. The Morgan fingerprint density at radius 1 is 1.38 bits per heavy atom. The molecular formula is C17H24FNO2. The Bertz CT molecular complexity index is 484. The van der Waals surface area contributed by atoms with E-state index in [1.165, 1.54) is 12.1 Å². The van der Waals surface area contributed by atoms with E-state index in [0.717, 1.165) is 18.4 Å². The Hall–Kier alpha value is -1.42. The maximum Gasteiger partial charge on any atom is 0.223 e. The molecule has 0 aromatic heterocycles. The van der Waals surface area contributed by atoms with Gasteiger partial charge in [0.15, 0.2) is 0 Å². The van der Waals surface area contributed by atoms with Gasteiger partial charge in [-0.2, -0.15) is 0 Å². The van der Waals surface area contributed by atoms with Gasteiger partial charge in [-0.05, 0) is 38.0 Å². The third kappa shape index (κ3) is 3.82. The van der Waals surface area contributed by atoms with Crippen LogP contribution in [0.25, 0.3) is 0 Å². The Labute approximate surface area is 126 Å². The average molecular weight is 293 g/mol. The lowest BCUT2D eigenvalue weighted by molar-refractivity contribution is -0.155. The first-order valence-corrected chi connectivity index (χ1v) is 7.61. The topological polar surface area (TPSA) is 29.5 Å². The Kier molecular flexibility index (Phi) is 4.99. The summed E-state index contributed by atoms with van der Waals surface area (Å²) in [6, 6.07) is 6.32. The maximum atomic E-state index is 13.0. The van der Waals surface area contributed by atoms with Gasteiger partial charge in [-0.25, -0.2) is 4.39 Å². The molecule has 1 heterocycles. The van der Waals surface area contributed by atoms with Crippen molar-refractivity contribution >= 4 is 5.91 Å². The van der Waals surface area contributed by atoms with Crippen LogP contribution >= 0.6 is 0 Å². The summed E-state index contributed by atoms with van der Waals surface area (Å²) in [5.74, 6) is -0.0805. The zero-order valence-electron chi connectivity index (χ0n) is 13.1. The molecule has 0 bridgehead atoms. The molecule has 1 aliphatic rings. The van der Waals surface area contributed by atoms with Gasteiger partial charge in [-0.3, -0.25) is 4.79 Å². The van der Waals surface area contributed by atoms with Gasteiger partial charge in [-0.15, -0.1) is 0 Å². The maximum absolute atomic E-state index is 13.0. The highest BCUT2D eigenvalue weighted by molar-refractivity contribution is 5.77. The van der Waals surface area contributed by atoms with Crippen LogP contribution in [0.3, 0.4) is 0 Å². The van der Waals surface area contributed by atoms with E-state index in [2.05, 4.69) is 6.92 Å². The average Bonchev–Trinajstić information content (AvgIpc) is 2.45. The molecule has 2 rings (SSSR count). The van der Waals surface area contributed by atoms with Crippen molar-refractivity contribution in [2.45, 2.75) is 51.7 Å². The number of rotatable bonds is 4. The Balaban J connectivity index is 2.11. The number of carbonyl (C=O) groups is 1. The molecule has 3 nitrogen and oxygen atoms in total. The quantitative estimate of drug-likeness (QED) is 0.847. The van der Waals surface area contributed by atoms with Gasteiger partial charge in [-0.1, -0.05) is 25.5 Å². The second-order valence-corrected chi connectivity index (χ2v) is 6.27. The summed E-state index contributed by atoms with van der Waals surface area (Å²) >= 11 is 0. The Morgan fingerprint density at radius 2 is 2.05 bits per heavy atom. The third-order valence-corrected chi connectivity index (χ3v) is 4.00. The van der Waals surface area contributed by atoms with Crippen molar-refractivity contribution in [2.24, 2.45) is 0 Å². The summed E-state index contributed by atoms with van der Waals surface area (Å²) in [5, 5.41) is 0. The molecule has 1 atom stereocenters. The highest BCUT2D eigenvalue weighted by Gasteiger charge is 2.38. The van der Waals surface area contributed by atoms with Crippen molar-refractivity contribution in [1.29, 1.82) is 0 Å². The number of nitrogens with zero attached hydrogens (tertiary/aromatic N) is 1. The van der Waals surface area contributed by atoms with E-state index in [0.29, 0.717) is 19.6 Å². The zero-order chi connectivity index (χ0) is 15.5. The first-order chi connectivity index (χ1) is 9.94. The molecule has 1 aromatic carbocycles. The van der Waals surface area contributed by atoms with Crippen LogP contribution in [0.2, 0.25) is 0 Å². The lowest BCUT2D eigenvalue weighted by Crippen LogP contribution is -2.56. The summed E-state index contributed by atoms with van der Waals surface area (Å²) in [5.41, 5.74) is 0.627. The SMILES string of the molecule is CCCCC(=O)N1CC(c2ccc(F)cc2)OCC1(C)C. The van der Waals surface area contributed by atoms with Crippen LogP contribution in [0, 0.1) is 5.82 Å². The normalized spacial score (nSPS) is 21.3. The molecule has 1 aliphatic heterocycles. The molecule has 1 aromatic rings. The van der Waals surface area contributed by atoms with Gasteiger partial charge in [0, 0.05) is 6.42 Å². The largest absolute Gasteiger partial charge is 0.369 e. The van der Waals surface area contributed by atoms with E-state index < -0.39 is 0 Å².